The van der Waals surface area contributed by atoms with E-state index < -0.39 is 28.6 Å². The van der Waals surface area contributed by atoms with E-state index in [1.165, 1.54) is 0 Å². The van der Waals surface area contributed by atoms with Gasteiger partial charge in [-0.1, -0.05) is 27.2 Å². The highest BCUT2D eigenvalue weighted by Gasteiger charge is 2.78. The minimum atomic E-state index is -1.68. The maximum atomic E-state index is 9.87. The van der Waals surface area contributed by atoms with Crippen LogP contribution in [0.15, 0.2) is 0 Å². The minimum Gasteiger partial charge on any atom is -0.448 e. The van der Waals surface area contributed by atoms with Crippen LogP contribution in [0.1, 0.15) is 40.5 Å². The van der Waals surface area contributed by atoms with E-state index in [9.17, 15) is 15.8 Å². The molecule has 0 aromatic carbocycles. The fourth-order valence-electron chi connectivity index (χ4n) is 4.23. The van der Waals surface area contributed by atoms with Crippen LogP contribution in [0.3, 0.4) is 0 Å². The van der Waals surface area contributed by atoms with Gasteiger partial charge in [-0.2, -0.15) is 15.8 Å². The van der Waals surface area contributed by atoms with Crippen molar-refractivity contribution >= 4 is 5.90 Å². The molecule has 0 aliphatic carbocycles. The third-order valence-corrected chi connectivity index (χ3v) is 4.92. The monoisotopic (exact) mass is 300 g/mol. The van der Waals surface area contributed by atoms with Crippen LogP contribution in [0.2, 0.25) is 0 Å². The minimum absolute atomic E-state index is 0.118. The lowest BCUT2D eigenvalue weighted by Crippen LogP contribution is -2.75. The van der Waals surface area contributed by atoms with Crippen molar-refractivity contribution in [2.45, 2.75) is 52.4 Å². The average Bonchev–Trinajstić information content (AvgIpc) is 2.45. The Labute approximate surface area is 130 Å². The predicted octanol–water partition coefficient (Wildman–Crippen LogP) is 2.72. The molecular formula is C16H20N4O2. The Morgan fingerprint density at radius 1 is 1.23 bits per heavy atom. The molecule has 3 aliphatic heterocycles. The van der Waals surface area contributed by atoms with Crippen LogP contribution >= 0.6 is 0 Å². The maximum Gasteiger partial charge on any atom is 0.215 e. The summed E-state index contributed by atoms with van der Waals surface area (Å²) in [6.45, 7) is 7.34. The van der Waals surface area contributed by atoms with E-state index in [1.54, 1.807) is 6.92 Å². The molecule has 0 aromatic heterocycles. The largest absolute Gasteiger partial charge is 0.448 e. The molecule has 3 heterocycles. The van der Waals surface area contributed by atoms with Crippen molar-refractivity contribution < 1.29 is 9.47 Å². The van der Waals surface area contributed by atoms with Gasteiger partial charge in [0, 0.05) is 6.92 Å². The quantitative estimate of drug-likeness (QED) is 0.860. The molecule has 0 spiro atoms. The van der Waals surface area contributed by atoms with Crippen LogP contribution in [-0.2, 0) is 9.47 Å². The fraction of sp³-hybridized carbons (Fsp3) is 0.750. The summed E-state index contributed by atoms with van der Waals surface area (Å²) in [6.07, 6.45) is 0.518. The van der Waals surface area contributed by atoms with Gasteiger partial charge in [0.05, 0.1) is 30.2 Å². The number of nitrogens with zero attached hydrogens (tertiary/aromatic N) is 3. The van der Waals surface area contributed by atoms with E-state index in [1.807, 2.05) is 20.8 Å². The SMILES string of the molecule is CCCC1OC2(C)OC(=N)C1(C#N)C(C#N)(C#N)C2C(C)C. The molecule has 6 nitrogen and oxygen atoms in total. The van der Waals surface area contributed by atoms with Gasteiger partial charge in [-0.3, -0.25) is 5.41 Å². The summed E-state index contributed by atoms with van der Waals surface area (Å²) in [5.74, 6) is -2.29. The topological polar surface area (TPSA) is 114 Å². The Balaban J connectivity index is 2.81. The second-order valence-electron chi connectivity index (χ2n) is 6.52. The van der Waals surface area contributed by atoms with Crippen LogP contribution < -0.4 is 0 Å². The molecular weight excluding hydrogens is 280 g/mol. The van der Waals surface area contributed by atoms with Crippen LogP contribution in [-0.4, -0.2) is 17.8 Å². The van der Waals surface area contributed by atoms with Crippen LogP contribution in [0.5, 0.6) is 0 Å². The van der Waals surface area contributed by atoms with Crippen molar-refractivity contribution in [2.75, 3.05) is 0 Å². The van der Waals surface area contributed by atoms with Crippen molar-refractivity contribution in [1.29, 1.82) is 21.2 Å². The van der Waals surface area contributed by atoms with E-state index in [0.717, 1.165) is 6.42 Å². The van der Waals surface area contributed by atoms with Crippen LogP contribution in [0.25, 0.3) is 0 Å². The molecule has 0 aromatic rings. The van der Waals surface area contributed by atoms with Gasteiger partial charge < -0.3 is 9.47 Å². The highest BCUT2D eigenvalue weighted by atomic mass is 16.7. The highest BCUT2D eigenvalue weighted by molar-refractivity contribution is 5.88. The zero-order valence-corrected chi connectivity index (χ0v) is 13.3. The Kier molecular flexibility index (Phi) is 3.68. The van der Waals surface area contributed by atoms with Gasteiger partial charge >= 0.3 is 0 Å². The van der Waals surface area contributed by atoms with Crippen LogP contribution in [0.4, 0.5) is 0 Å². The fourth-order valence-corrected chi connectivity index (χ4v) is 4.23. The van der Waals surface area contributed by atoms with E-state index in [2.05, 4.69) is 18.2 Å². The second-order valence-corrected chi connectivity index (χ2v) is 6.52. The first-order chi connectivity index (χ1) is 10.3. The summed E-state index contributed by atoms with van der Waals surface area (Å²) in [4.78, 5) is 0. The lowest BCUT2D eigenvalue weighted by molar-refractivity contribution is -0.346. The Morgan fingerprint density at radius 3 is 2.23 bits per heavy atom. The van der Waals surface area contributed by atoms with Crippen molar-refractivity contribution in [2.24, 2.45) is 22.7 Å². The number of fused-ring (bicyclic) bond motifs is 3. The van der Waals surface area contributed by atoms with E-state index in [4.69, 9.17) is 14.9 Å². The van der Waals surface area contributed by atoms with Crippen LogP contribution in [0, 0.1) is 62.1 Å². The van der Waals surface area contributed by atoms with Crippen molar-refractivity contribution in [1.82, 2.24) is 0 Å². The highest BCUT2D eigenvalue weighted by Crippen LogP contribution is 2.64. The van der Waals surface area contributed by atoms with Gasteiger partial charge in [-0.15, -0.1) is 0 Å². The lowest BCUT2D eigenvalue weighted by Gasteiger charge is -2.62. The van der Waals surface area contributed by atoms with Crippen molar-refractivity contribution in [3.63, 3.8) is 0 Å². The molecule has 3 fully saturated rings. The molecule has 0 saturated carbocycles. The normalized spacial score (nSPS) is 38.7. The van der Waals surface area contributed by atoms with Crippen molar-refractivity contribution in [3.8, 4) is 18.2 Å². The Hall–Kier alpha value is -2.10. The summed E-state index contributed by atoms with van der Waals surface area (Å²) in [7, 11) is 0. The Morgan fingerprint density at radius 2 is 1.82 bits per heavy atom. The average molecular weight is 300 g/mol. The van der Waals surface area contributed by atoms with Gasteiger partial charge in [0.25, 0.3) is 0 Å². The summed E-state index contributed by atoms with van der Waals surface area (Å²) in [5, 5.41) is 37.8. The summed E-state index contributed by atoms with van der Waals surface area (Å²) in [5.41, 5.74) is -3.34. The van der Waals surface area contributed by atoms with Gasteiger partial charge in [0.15, 0.2) is 10.8 Å². The van der Waals surface area contributed by atoms with E-state index in [0.29, 0.717) is 6.42 Å². The summed E-state index contributed by atoms with van der Waals surface area (Å²) >= 11 is 0. The molecule has 2 bridgehead atoms. The molecule has 22 heavy (non-hydrogen) atoms. The predicted molar refractivity (Wildman–Crippen MR) is 77.0 cm³/mol. The lowest BCUT2D eigenvalue weighted by atomic mass is 9.49. The van der Waals surface area contributed by atoms with Gasteiger partial charge in [0.1, 0.15) is 0 Å². The number of hydrogen-bond acceptors (Lipinski definition) is 6. The van der Waals surface area contributed by atoms with Gasteiger partial charge in [-0.05, 0) is 12.3 Å². The van der Waals surface area contributed by atoms with Gasteiger partial charge in [0.2, 0.25) is 11.7 Å². The maximum absolute atomic E-state index is 9.87. The molecule has 0 amide bonds. The smallest absolute Gasteiger partial charge is 0.215 e. The zero-order valence-electron chi connectivity index (χ0n) is 13.3. The first-order valence-electron chi connectivity index (χ1n) is 7.49. The van der Waals surface area contributed by atoms with Crippen molar-refractivity contribution in [3.05, 3.63) is 0 Å². The first kappa shape index (κ1) is 16.3. The summed E-state index contributed by atoms with van der Waals surface area (Å²) < 4.78 is 11.6. The molecule has 3 aliphatic rings. The number of nitrogens with one attached hydrogen (secondary N) is 1. The summed E-state index contributed by atoms with van der Waals surface area (Å²) in [6, 6.07) is 6.23. The number of hydrogen-bond donors (Lipinski definition) is 1. The van der Waals surface area contributed by atoms with Gasteiger partial charge in [-0.25, -0.2) is 0 Å². The number of nitriles is 3. The molecule has 3 rings (SSSR count). The number of ether oxygens (including phenoxy) is 2. The molecule has 3 saturated heterocycles. The molecule has 1 N–H and O–H groups in total. The molecule has 116 valence electrons. The second kappa shape index (κ2) is 4.97. The van der Waals surface area contributed by atoms with E-state index >= 15 is 0 Å². The molecule has 4 unspecified atom stereocenters. The molecule has 4 atom stereocenters. The standard InChI is InChI=1S/C16H20N4O2/c1-5-6-11-16(9-19)13(20)22-14(4,21-11)12(10(2)3)15(16,7-17)8-18/h10-12,20H,5-6H2,1-4H3. The van der Waals surface area contributed by atoms with E-state index in [-0.39, 0.29) is 11.8 Å². The first-order valence-corrected chi connectivity index (χ1v) is 7.49. The Bertz CT molecular complexity index is 610. The molecule has 6 heteroatoms. The third-order valence-electron chi connectivity index (χ3n) is 4.92. The molecule has 0 radical (unpaired) electrons. The third kappa shape index (κ3) is 1.58. The number of rotatable bonds is 3. The zero-order chi connectivity index (χ0) is 16.8.